The van der Waals surface area contributed by atoms with Crippen LogP contribution >= 0.6 is 0 Å². The van der Waals surface area contributed by atoms with Gasteiger partial charge in [0.15, 0.2) is 5.82 Å². The Labute approximate surface area is 188 Å². The van der Waals surface area contributed by atoms with Crippen molar-refractivity contribution in [3.05, 3.63) is 59.7 Å². The van der Waals surface area contributed by atoms with Crippen molar-refractivity contribution in [2.75, 3.05) is 24.4 Å². The number of carbonyl (C=O) groups is 1. The number of methoxy groups -OCH3 is 2. The van der Waals surface area contributed by atoms with E-state index in [0.717, 1.165) is 42.9 Å². The molecule has 0 aliphatic carbocycles. The van der Waals surface area contributed by atoms with Gasteiger partial charge in [-0.25, -0.2) is 14.5 Å². The number of benzene rings is 2. The van der Waals surface area contributed by atoms with Crippen molar-refractivity contribution in [3.63, 3.8) is 0 Å². The van der Waals surface area contributed by atoms with Crippen molar-refractivity contribution in [2.24, 2.45) is 0 Å². The second kappa shape index (κ2) is 9.72. The van der Waals surface area contributed by atoms with Crippen molar-refractivity contribution < 1.29 is 14.3 Å². The van der Waals surface area contributed by atoms with E-state index in [1.807, 2.05) is 41.9 Å². The number of rotatable bonds is 6. The Morgan fingerprint density at radius 3 is 2.78 bits per heavy atom. The summed E-state index contributed by atoms with van der Waals surface area (Å²) in [6.07, 6.45) is 4.31. The van der Waals surface area contributed by atoms with Crippen molar-refractivity contribution in [1.29, 1.82) is 0 Å². The van der Waals surface area contributed by atoms with Crippen LogP contribution in [0.15, 0.2) is 42.5 Å². The maximum absolute atomic E-state index is 13.4. The molecule has 8 heteroatoms. The van der Waals surface area contributed by atoms with Gasteiger partial charge in [-0.3, -0.25) is 4.90 Å². The minimum absolute atomic E-state index is 0.223. The highest BCUT2D eigenvalue weighted by Gasteiger charge is 2.24. The van der Waals surface area contributed by atoms with E-state index in [9.17, 15) is 4.79 Å². The van der Waals surface area contributed by atoms with Crippen molar-refractivity contribution in [3.8, 4) is 11.5 Å². The van der Waals surface area contributed by atoms with Gasteiger partial charge in [0.1, 0.15) is 17.3 Å². The molecule has 2 amide bonds. The molecular formula is C24H29N5O3. The van der Waals surface area contributed by atoms with Crippen LogP contribution in [0.2, 0.25) is 0 Å². The van der Waals surface area contributed by atoms with Crippen LogP contribution in [0, 0.1) is 6.92 Å². The minimum Gasteiger partial charge on any atom is -0.497 e. The first-order valence-electron chi connectivity index (χ1n) is 10.9. The van der Waals surface area contributed by atoms with Crippen molar-refractivity contribution in [1.82, 2.24) is 14.8 Å². The summed E-state index contributed by atoms with van der Waals surface area (Å²) in [5, 5.41) is 7.68. The second-order valence-electron chi connectivity index (χ2n) is 7.90. The average molecular weight is 436 g/mol. The quantitative estimate of drug-likeness (QED) is 0.613. The maximum Gasteiger partial charge on any atom is 0.326 e. The summed E-state index contributed by atoms with van der Waals surface area (Å²) in [5.74, 6) is 2.78. The molecule has 1 aromatic heterocycles. The molecule has 0 bridgehead atoms. The lowest BCUT2D eigenvalue weighted by atomic mass is 10.2. The van der Waals surface area contributed by atoms with Crippen LogP contribution in [0.5, 0.6) is 11.5 Å². The first-order valence-corrected chi connectivity index (χ1v) is 10.9. The van der Waals surface area contributed by atoms with Gasteiger partial charge in [0.05, 0.1) is 26.5 Å². The van der Waals surface area contributed by atoms with Gasteiger partial charge >= 0.3 is 6.03 Å². The Kier molecular flexibility index (Phi) is 6.58. The molecule has 4 rings (SSSR count). The van der Waals surface area contributed by atoms with E-state index < -0.39 is 0 Å². The van der Waals surface area contributed by atoms with Crippen LogP contribution in [0.4, 0.5) is 16.2 Å². The van der Waals surface area contributed by atoms with Crippen LogP contribution in [0.25, 0.3) is 0 Å². The van der Waals surface area contributed by atoms with E-state index >= 15 is 0 Å². The summed E-state index contributed by atoms with van der Waals surface area (Å²) in [7, 11) is 3.17. The molecule has 1 aliphatic heterocycles. The molecule has 8 nitrogen and oxygen atoms in total. The van der Waals surface area contributed by atoms with E-state index in [0.29, 0.717) is 23.0 Å². The molecule has 2 heterocycles. The number of aromatic nitrogens is 3. The first kappa shape index (κ1) is 21.7. The summed E-state index contributed by atoms with van der Waals surface area (Å²) < 4.78 is 12.9. The lowest BCUT2D eigenvalue weighted by molar-refractivity contribution is 0.256. The van der Waals surface area contributed by atoms with E-state index in [4.69, 9.17) is 14.5 Å². The molecule has 0 radical (unpaired) electrons. The number of aryl methyl sites for hydroxylation is 3. The number of nitrogens with one attached hydrogen (secondary N) is 1. The standard InChI is InChI=1S/C24H29N5O3/c1-17-8-7-9-18(14-17)25-24(30)28(20-12-11-19(31-2)15-21(20)32-3)16-22-26-23-10-5-4-6-13-29(23)27-22/h7-9,11-12,14-15H,4-6,10,13,16H2,1-3H3,(H,25,30). The fourth-order valence-corrected chi connectivity index (χ4v) is 3.91. The third-order valence-electron chi connectivity index (χ3n) is 5.55. The van der Waals surface area contributed by atoms with Crippen molar-refractivity contribution in [2.45, 2.75) is 45.7 Å². The zero-order valence-corrected chi connectivity index (χ0v) is 18.8. The molecule has 168 valence electrons. The number of fused-ring (bicyclic) bond motifs is 1. The van der Waals surface area contributed by atoms with E-state index in [1.165, 1.54) is 6.42 Å². The molecule has 1 aliphatic rings. The molecular weight excluding hydrogens is 406 g/mol. The van der Waals surface area contributed by atoms with E-state index in [1.54, 1.807) is 31.3 Å². The highest BCUT2D eigenvalue weighted by Crippen LogP contribution is 2.33. The minimum atomic E-state index is -0.288. The third-order valence-corrected chi connectivity index (χ3v) is 5.55. The zero-order valence-electron chi connectivity index (χ0n) is 18.8. The predicted octanol–water partition coefficient (Wildman–Crippen LogP) is 4.57. The number of carbonyl (C=O) groups excluding carboxylic acids is 1. The molecule has 2 aromatic carbocycles. The summed E-state index contributed by atoms with van der Waals surface area (Å²) in [4.78, 5) is 19.8. The Morgan fingerprint density at radius 1 is 1.12 bits per heavy atom. The molecule has 0 spiro atoms. The molecule has 0 saturated carbocycles. The Morgan fingerprint density at radius 2 is 2.00 bits per heavy atom. The number of ether oxygens (including phenoxy) is 2. The average Bonchev–Trinajstić information content (AvgIpc) is 3.05. The van der Waals surface area contributed by atoms with Gasteiger partial charge in [0.2, 0.25) is 0 Å². The Hall–Kier alpha value is -3.55. The van der Waals surface area contributed by atoms with E-state index in [-0.39, 0.29) is 12.6 Å². The molecule has 0 atom stereocenters. The van der Waals surface area contributed by atoms with Gasteiger partial charge in [0, 0.05) is 24.7 Å². The van der Waals surface area contributed by atoms with Crippen molar-refractivity contribution >= 4 is 17.4 Å². The molecule has 32 heavy (non-hydrogen) atoms. The third kappa shape index (κ3) is 4.85. The Balaban J connectivity index is 1.67. The summed E-state index contributed by atoms with van der Waals surface area (Å²) >= 11 is 0. The summed E-state index contributed by atoms with van der Waals surface area (Å²) in [6.45, 7) is 3.08. The molecule has 0 unspecified atom stereocenters. The highest BCUT2D eigenvalue weighted by atomic mass is 16.5. The van der Waals surface area contributed by atoms with Crippen LogP contribution < -0.4 is 19.7 Å². The number of nitrogens with zero attached hydrogens (tertiary/aromatic N) is 4. The van der Waals surface area contributed by atoms with Crippen LogP contribution in [-0.4, -0.2) is 35.0 Å². The van der Waals surface area contributed by atoms with Crippen LogP contribution in [-0.2, 0) is 19.5 Å². The second-order valence-corrected chi connectivity index (χ2v) is 7.90. The van der Waals surface area contributed by atoms with Gasteiger partial charge in [-0.05, 0) is 49.6 Å². The Bertz CT molecular complexity index is 1070. The topological polar surface area (TPSA) is 81.5 Å². The van der Waals surface area contributed by atoms with E-state index in [2.05, 4.69) is 10.4 Å². The first-order chi connectivity index (χ1) is 15.6. The molecule has 3 aromatic rings. The summed E-state index contributed by atoms with van der Waals surface area (Å²) in [5.41, 5.74) is 2.40. The van der Waals surface area contributed by atoms with Gasteiger partial charge in [-0.15, -0.1) is 0 Å². The fourth-order valence-electron chi connectivity index (χ4n) is 3.91. The van der Waals surface area contributed by atoms with Gasteiger partial charge in [-0.2, -0.15) is 5.10 Å². The summed E-state index contributed by atoms with van der Waals surface area (Å²) in [6, 6.07) is 12.8. The number of amides is 2. The van der Waals surface area contributed by atoms with Gasteiger partial charge in [-0.1, -0.05) is 18.6 Å². The largest absolute Gasteiger partial charge is 0.497 e. The number of hydrogen-bond donors (Lipinski definition) is 1. The lowest BCUT2D eigenvalue weighted by Gasteiger charge is -2.24. The SMILES string of the molecule is COc1ccc(N(Cc2nc3n(n2)CCCCC3)C(=O)Nc2cccc(C)c2)c(OC)c1. The lowest BCUT2D eigenvalue weighted by Crippen LogP contribution is -2.35. The monoisotopic (exact) mass is 435 g/mol. The smallest absolute Gasteiger partial charge is 0.326 e. The number of anilines is 2. The molecule has 0 fully saturated rings. The number of hydrogen-bond acceptors (Lipinski definition) is 5. The van der Waals surface area contributed by atoms with Crippen LogP contribution in [0.1, 0.15) is 36.5 Å². The van der Waals surface area contributed by atoms with Gasteiger partial charge < -0.3 is 14.8 Å². The highest BCUT2D eigenvalue weighted by molar-refractivity contribution is 6.02. The number of urea groups is 1. The predicted molar refractivity (Wildman–Crippen MR) is 124 cm³/mol. The van der Waals surface area contributed by atoms with Gasteiger partial charge in [0.25, 0.3) is 0 Å². The molecule has 1 N–H and O–H groups in total. The normalized spacial score (nSPS) is 13.1. The molecule has 0 saturated heterocycles. The fraction of sp³-hybridized carbons (Fsp3) is 0.375. The maximum atomic E-state index is 13.4. The zero-order chi connectivity index (χ0) is 22.5. The van der Waals surface area contributed by atoms with Crippen LogP contribution in [0.3, 0.4) is 0 Å².